The molecule has 1 amide bonds. The Kier molecular flexibility index (Phi) is 4.00. The van der Waals surface area contributed by atoms with Crippen LogP contribution in [0.5, 0.6) is 5.75 Å². The molecule has 5 heterocycles. The van der Waals surface area contributed by atoms with Crippen LogP contribution in [0.1, 0.15) is 27.2 Å². The fraction of sp³-hybridized carbons (Fsp3) is 0.476. The Morgan fingerprint density at radius 1 is 1.23 bits per heavy atom. The molecule has 3 aliphatic heterocycles. The van der Waals surface area contributed by atoms with Gasteiger partial charge >= 0.3 is 6.09 Å². The van der Waals surface area contributed by atoms with Crippen LogP contribution in [-0.4, -0.2) is 61.6 Å². The number of hydrogen-bond acceptors (Lipinski definition) is 7. The molecule has 158 valence electrons. The molecule has 1 aromatic carbocycles. The minimum Gasteiger partial charge on any atom is -0.506 e. The summed E-state index contributed by atoms with van der Waals surface area (Å²) in [5, 5.41) is 14.7. The van der Waals surface area contributed by atoms with E-state index >= 15 is 0 Å². The van der Waals surface area contributed by atoms with Crippen molar-refractivity contribution < 1.29 is 19.1 Å². The number of carbonyl (C=O) groups excluding carboxylic acids is 1. The molecule has 30 heavy (non-hydrogen) atoms. The van der Waals surface area contributed by atoms with Gasteiger partial charge in [-0.2, -0.15) is 10.1 Å². The summed E-state index contributed by atoms with van der Waals surface area (Å²) < 4.78 is 13.4. The number of nitrogens with zero attached hydrogens (tertiary/aromatic N) is 5. The number of fused-ring (bicyclic) bond motifs is 3. The van der Waals surface area contributed by atoms with Crippen LogP contribution < -0.4 is 4.90 Å². The van der Waals surface area contributed by atoms with Crippen molar-refractivity contribution in [2.75, 3.05) is 18.0 Å². The summed E-state index contributed by atoms with van der Waals surface area (Å²) in [6.45, 7) is 6.84. The summed E-state index contributed by atoms with van der Waals surface area (Å²) in [5.41, 5.74) is 1.94. The van der Waals surface area contributed by atoms with Crippen molar-refractivity contribution in [3.8, 4) is 17.0 Å². The summed E-state index contributed by atoms with van der Waals surface area (Å²) >= 11 is 0. The molecule has 0 radical (unpaired) electrons. The number of aryl methyl sites for hydroxylation is 1. The fourth-order valence-corrected chi connectivity index (χ4v) is 4.26. The van der Waals surface area contributed by atoms with E-state index in [9.17, 15) is 9.90 Å². The summed E-state index contributed by atoms with van der Waals surface area (Å²) in [7, 11) is 1.85. The number of piperazine rings is 1. The van der Waals surface area contributed by atoms with Crippen molar-refractivity contribution >= 4 is 23.2 Å². The number of amides is 1. The van der Waals surface area contributed by atoms with Gasteiger partial charge in [0, 0.05) is 31.9 Å². The topological polar surface area (TPSA) is 96.9 Å². The number of anilines is 1. The Morgan fingerprint density at radius 2 is 1.97 bits per heavy atom. The normalized spacial score (nSPS) is 21.1. The average molecular weight is 411 g/mol. The van der Waals surface area contributed by atoms with Crippen LogP contribution in [0, 0.1) is 0 Å². The lowest BCUT2D eigenvalue weighted by molar-refractivity contribution is -0.0386. The quantitative estimate of drug-likeness (QED) is 0.692. The van der Waals surface area contributed by atoms with Gasteiger partial charge in [-0.1, -0.05) is 0 Å². The Labute approximate surface area is 173 Å². The highest BCUT2D eigenvalue weighted by Gasteiger charge is 2.49. The maximum atomic E-state index is 12.5. The first-order valence-corrected chi connectivity index (χ1v) is 10.1. The molecule has 3 aromatic rings. The van der Waals surface area contributed by atoms with Crippen LogP contribution in [0.25, 0.3) is 22.4 Å². The molecule has 0 aliphatic carbocycles. The van der Waals surface area contributed by atoms with Gasteiger partial charge in [0.25, 0.3) is 6.01 Å². The predicted octanol–water partition coefficient (Wildman–Crippen LogP) is 3.13. The van der Waals surface area contributed by atoms with Gasteiger partial charge in [0.2, 0.25) is 0 Å². The molecule has 2 atom stereocenters. The lowest BCUT2D eigenvalue weighted by atomic mass is 9.88. The zero-order valence-electron chi connectivity index (χ0n) is 17.5. The van der Waals surface area contributed by atoms with E-state index in [0.29, 0.717) is 30.2 Å². The molecular weight excluding hydrogens is 386 g/mol. The number of phenols is 1. The van der Waals surface area contributed by atoms with E-state index in [2.05, 4.69) is 10.1 Å². The van der Waals surface area contributed by atoms with Crippen molar-refractivity contribution in [2.24, 2.45) is 7.05 Å². The maximum absolute atomic E-state index is 12.5. The number of phenolic OH excluding ortho intramolecular Hbond substituents is 1. The van der Waals surface area contributed by atoms with Crippen LogP contribution in [-0.2, 0) is 11.8 Å². The monoisotopic (exact) mass is 411 g/mol. The van der Waals surface area contributed by atoms with E-state index in [1.54, 1.807) is 16.8 Å². The molecule has 0 spiro atoms. The number of ether oxygens (including phenoxy) is 1. The first-order chi connectivity index (χ1) is 14.2. The highest BCUT2D eigenvalue weighted by molar-refractivity contribution is 5.93. The standard InChI is InChI=1S/C21H25N5O4/c1-21(2,3)30-20(28)26-12-9-13(26)11-25(10-12)19-22-17-16(27)6-5-14(18(17)29-19)15-7-8-24(4)23-15/h5-8,12-13,27H,9-11H2,1-4H3. The fourth-order valence-electron chi connectivity index (χ4n) is 4.26. The van der Waals surface area contributed by atoms with Gasteiger partial charge in [-0.15, -0.1) is 0 Å². The Hall–Kier alpha value is -3.23. The summed E-state index contributed by atoms with van der Waals surface area (Å²) in [4.78, 5) is 20.9. The summed E-state index contributed by atoms with van der Waals surface area (Å²) in [5.74, 6) is 0.0669. The van der Waals surface area contributed by atoms with Crippen LogP contribution in [0.3, 0.4) is 0 Å². The number of carbonyl (C=O) groups is 1. The smallest absolute Gasteiger partial charge is 0.410 e. The predicted molar refractivity (Wildman–Crippen MR) is 110 cm³/mol. The maximum Gasteiger partial charge on any atom is 0.410 e. The van der Waals surface area contributed by atoms with Gasteiger partial charge in [-0.05, 0) is 45.4 Å². The molecule has 9 nitrogen and oxygen atoms in total. The van der Waals surface area contributed by atoms with Gasteiger partial charge in [0.1, 0.15) is 11.4 Å². The number of benzene rings is 1. The molecule has 3 fully saturated rings. The molecule has 1 N–H and O–H groups in total. The minimum atomic E-state index is -0.514. The first-order valence-electron chi connectivity index (χ1n) is 10.1. The van der Waals surface area contributed by atoms with E-state index < -0.39 is 5.60 Å². The van der Waals surface area contributed by atoms with Crippen molar-refractivity contribution in [3.05, 3.63) is 24.4 Å². The molecule has 6 rings (SSSR count). The zero-order valence-corrected chi connectivity index (χ0v) is 17.5. The molecule has 2 bridgehead atoms. The molecule has 0 saturated carbocycles. The Bertz CT molecular complexity index is 1120. The minimum absolute atomic E-state index is 0.0669. The van der Waals surface area contributed by atoms with Crippen LogP contribution in [0.15, 0.2) is 28.8 Å². The molecular formula is C21H25N5O4. The number of piperidine rings is 1. The van der Waals surface area contributed by atoms with Gasteiger partial charge in [-0.3, -0.25) is 9.58 Å². The lowest BCUT2D eigenvalue weighted by Crippen LogP contribution is -2.70. The third kappa shape index (κ3) is 3.05. The second-order valence-corrected chi connectivity index (χ2v) is 9.02. The van der Waals surface area contributed by atoms with Crippen molar-refractivity contribution in [2.45, 2.75) is 44.9 Å². The number of rotatable bonds is 2. The van der Waals surface area contributed by atoms with Gasteiger partial charge < -0.3 is 19.2 Å². The molecule has 3 saturated heterocycles. The summed E-state index contributed by atoms with van der Waals surface area (Å²) in [6, 6.07) is 5.86. The zero-order chi connectivity index (χ0) is 21.2. The number of aromatic nitrogens is 3. The van der Waals surface area contributed by atoms with E-state index in [4.69, 9.17) is 9.15 Å². The van der Waals surface area contributed by atoms with Gasteiger partial charge in [-0.25, -0.2) is 4.79 Å². The van der Waals surface area contributed by atoms with Crippen molar-refractivity contribution in [1.82, 2.24) is 19.7 Å². The highest BCUT2D eigenvalue weighted by atomic mass is 16.6. The third-order valence-electron chi connectivity index (χ3n) is 5.57. The van der Waals surface area contributed by atoms with Gasteiger partial charge in [0.15, 0.2) is 11.1 Å². The largest absolute Gasteiger partial charge is 0.506 e. The number of aromatic hydroxyl groups is 1. The summed E-state index contributed by atoms with van der Waals surface area (Å²) in [6.07, 6.45) is 2.53. The average Bonchev–Trinajstić information content (AvgIpc) is 3.28. The molecule has 9 heteroatoms. The van der Waals surface area contributed by atoms with Crippen molar-refractivity contribution in [1.29, 1.82) is 0 Å². The van der Waals surface area contributed by atoms with Crippen LogP contribution in [0.4, 0.5) is 10.8 Å². The highest BCUT2D eigenvalue weighted by Crippen LogP contribution is 2.39. The van der Waals surface area contributed by atoms with Crippen molar-refractivity contribution in [3.63, 3.8) is 0 Å². The van der Waals surface area contributed by atoms with E-state index in [-0.39, 0.29) is 23.9 Å². The molecule has 3 aliphatic rings. The van der Waals surface area contributed by atoms with E-state index in [0.717, 1.165) is 17.7 Å². The van der Waals surface area contributed by atoms with E-state index in [1.807, 2.05) is 49.9 Å². The second-order valence-electron chi connectivity index (χ2n) is 9.02. The van der Waals surface area contributed by atoms with Crippen LogP contribution >= 0.6 is 0 Å². The first kappa shape index (κ1) is 18.8. The SMILES string of the molecule is Cn1ccc(-c2ccc(O)c3nc(N4CC5CC(C4)N5C(=O)OC(C)(C)C)oc23)n1. The Balaban J connectivity index is 1.41. The number of oxazole rings is 1. The molecule has 2 unspecified atom stereocenters. The van der Waals surface area contributed by atoms with Gasteiger partial charge in [0.05, 0.1) is 17.8 Å². The van der Waals surface area contributed by atoms with E-state index in [1.165, 1.54) is 0 Å². The Morgan fingerprint density at radius 3 is 2.60 bits per heavy atom. The second kappa shape index (κ2) is 6.38. The molecule has 2 aromatic heterocycles. The third-order valence-corrected chi connectivity index (χ3v) is 5.57. The lowest BCUT2D eigenvalue weighted by Gasteiger charge is -2.55. The van der Waals surface area contributed by atoms with Crippen LogP contribution in [0.2, 0.25) is 0 Å². The number of hydrogen-bond donors (Lipinski definition) is 1.